The van der Waals surface area contributed by atoms with Gasteiger partial charge in [0.2, 0.25) is 77.3 Å². The smallest absolute Gasteiger partial charge is 0.264 e. The Bertz CT molecular complexity index is 4250. The summed E-state index contributed by atoms with van der Waals surface area (Å²) in [6, 6.07) is 23.4. The second-order valence-corrected chi connectivity index (χ2v) is 28.8. The van der Waals surface area contributed by atoms with Gasteiger partial charge in [-0.05, 0) is 139 Å². The molecule has 0 radical (unpaired) electrons. The Hall–Kier alpha value is -11.7. The van der Waals surface area contributed by atoms with Crippen molar-refractivity contribution in [2.24, 2.45) is 11.7 Å². The van der Waals surface area contributed by atoms with Crippen LogP contribution in [-0.2, 0) is 99.2 Å². The highest BCUT2D eigenvalue weighted by molar-refractivity contribution is 6.30. The number of halogens is 1. The van der Waals surface area contributed by atoms with Crippen LogP contribution in [0.15, 0.2) is 140 Å². The minimum absolute atomic E-state index is 0.00757. The number of carbonyl (C=O) groups excluding carboxylic acids is 14. The van der Waals surface area contributed by atoms with Crippen LogP contribution in [0.25, 0.3) is 10.8 Å². The highest BCUT2D eigenvalue weighted by Crippen LogP contribution is 2.23. The Kier molecular flexibility index (Phi) is 33.5. The van der Waals surface area contributed by atoms with Crippen LogP contribution in [0.1, 0.15) is 122 Å². The molecule has 1 saturated heterocycles. The van der Waals surface area contributed by atoms with Crippen molar-refractivity contribution >= 4 is 117 Å². The standard InChI is InChI=1S/C80H101ClN16O14/c1-46(2)37-63(72(103)90-62(18-11-12-35-84-47(3)4)80(111)97-36-14-19-69(97)78(109)86-48(5)70(82)102)91-74(105)66(40-53-23-30-60(31-24-53)87-49(6)99)93-76(107)67(41-54-25-32-61(33-26-54)88-50(7)100)95-79(110)71(85-45-98)96-77(108)68(43-56-15-13-34-83-44-56)94-75(106)65(39-52-21-28-59(81)29-22-52)92-73(104)64(89-51(8)101)42-55-20-27-57-16-9-10-17-58(57)38-55/h9-10,13,15-17,20-34,38,44-48,62-69,71,84H,11-12,14,18-19,35-37,39-43H2,1-8H3,(H2,82,102)(H,85,98)(H,86,109)(H,87,99)(H,88,100)(H,89,101)(H,90,103)(H,91,105)(H,92,104)(H,93,107)(H,94,106)(H,95,110)(H,96,108)/t48-,62+,63+,64-,65-,66-,67+,68-,69-,71+/m1/s1. The third-order valence-corrected chi connectivity index (χ3v) is 18.5. The Morgan fingerprint density at radius 3 is 1.47 bits per heavy atom. The molecule has 592 valence electrons. The fourth-order valence-corrected chi connectivity index (χ4v) is 12.8. The molecule has 2 heterocycles. The quantitative estimate of drug-likeness (QED) is 0.0149. The lowest BCUT2D eigenvalue weighted by Gasteiger charge is -2.31. The summed E-state index contributed by atoms with van der Waals surface area (Å²) in [4.78, 5) is 200. The molecule has 31 heteroatoms. The van der Waals surface area contributed by atoms with E-state index >= 15 is 9.59 Å². The molecule has 111 heavy (non-hydrogen) atoms. The van der Waals surface area contributed by atoms with Gasteiger partial charge in [0.1, 0.15) is 54.4 Å². The number of hydrogen-bond donors (Lipinski definition) is 14. The van der Waals surface area contributed by atoms with Crippen LogP contribution in [0.3, 0.4) is 0 Å². The fraction of sp³-hybridized carbons (Fsp3) is 0.412. The normalized spacial score (nSPS) is 14.9. The molecule has 1 aromatic heterocycles. The zero-order valence-electron chi connectivity index (χ0n) is 63.5. The average molecular weight is 1550 g/mol. The second kappa shape index (κ2) is 42.9. The molecule has 1 aliphatic heterocycles. The van der Waals surface area contributed by atoms with Crippen LogP contribution in [0.5, 0.6) is 0 Å². The number of carbonyl (C=O) groups is 14. The number of unbranched alkanes of at least 4 members (excludes halogenated alkanes) is 1. The Morgan fingerprint density at radius 1 is 0.505 bits per heavy atom. The van der Waals surface area contributed by atoms with Crippen LogP contribution in [0, 0.1) is 5.92 Å². The van der Waals surface area contributed by atoms with Gasteiger partial charge in [-0.25, -0.2) is 0 Å². The maximum Gasteiger partial charge on any atom is 0.264 e. The number of likely N-dealkylation sites (tertiary alicyclic amines) is 1. The number of fused-ring (bicyclic) bond motifs is 1. The van der Waals surface area contributed by atoms with Crippen molar-refractivity contribution in [1.82, 2.24) is 68.4 Å². The molecule has 0 spiro atoms. The van der Waals surface area contributed by atoms with Crippen LogP contribution in [-0.4, -0.2) is 173 Å². The maximum absolute atomic E-state index is 15.4. The van der Waals surface area contributed by atoms with Crippen LogP contribution < -0.4 is 74.9 Å². The van der Waals surface area contributed by atoms with E-state index in [1.807, 2.05) is 56.3 Å². The predicted molar refractivity (Wildman–Crippen MR) is 418 cm³/mol. The molecule has 1 fully saturated rings. The van der Waals surface area contributed by atoms with E-state index in [2.05, 4.69) is 74.1 Å². The number of nitrogens with zero attached hydrogens (tertiary/aromatic N) is 2. The third-order valence-electron chi connectivity index (χ3n) is 18.3. The number of rotatable bonds is 41. The van der Waals surface area contributed by atoms with Crippen molar-refractivity contribution in [2.75, 3.05) is 23.7 Å². The second-order valence-electron chi connectivity index (χ2n) is 28.3. The van der Waals surface area contributed by atoms with Crippen molar-refractivity contribution in [1.29, 1.82) is 0 Å². The number of nitrogens with two attached hydrogens (primary N) is 1. The molecule has 0 bridgehead atoms. The minimum atomic E-state index is -2.01. The van der Waals surface area contributed by atoms with Crippen molar-refractivity contribution in [2.45, 2.75) is 193 Å². The maximum atomic E-state index is 15.4. The summed E-state index contributed by atoms with van der Waals surface area (Å²) in [5.74, 6) is -10.1. The Morgan fingerprint density at radius 2 is 0.973 bits per heavy atom. The number of amides is 14. The van der Waals surface area contributed by atoms with Gasteiger partial charge in [0.25, 0.3) is 5.91 Å². The molecule has 0 unspecified atom stereocenters. The van der Waals surface area contributed by atoms with Gasteiger partial charge in [-0.3, -0.25) is 72.1 Å². The summed E-state index contributed by atoms with van der Waals surface area (Å²) in [6.07, 6.45) is 1.85. The Labute approximate surface area is 650 Å². The number of pyridine rings is 1. The van der Waals surface area contributed by atoms with Gasteiger partial charge in [-0.2, -0.15) is 0 Å². The van der Waals surface area contributed by atoms with E-state index in [9.17, 15) is 57.5 Å². The molecule has 5 aromatic carbocycles. The molecule has 0 saturated carbocycles. The number of anilines is 2. The average Bonchev–Trinajstić information content (AvgIpc) is 1.79. The van der Waals surface area contributed by atoms with Crippen LogP contribution >= 0.6 is 11.6 Å². The van der Waals surface area contributed by atoms with Gasteiger partial charge in [0, 0.05) is 94.3 Å². The molecule has 10 atom stereocenters. The summed E-state index contributed by atoms with van der Waals surface area (Å²) >= 11 is 6.26. The predicted octanol–water partition coefficient (Wildman–Crippen LogP) is 3.12. The summed E-state index contributed by atoms with van der Waals surface area (Å²) in [7, 11) is 0. The molecule has 6 aromatic rings. The van der Waals surface area contributed by atoms with E-state index in [0.29, 0.717) is 70.0 Å². The minimum Gasteiger partial charge on any atom is -0.368 e. The van der Waals surface area contributed by atoms with Crippen molar-refractivity contribution in [3.63, 3.8) is 0 Å². The van der Waals surface area contributed by atoms with Crippen molar-refractivity contribution < 1.29 is 67.1 Å². The first kappa shape index (κ1) is 86.6. The molecule has 15 N–H and O–H groups in total. The number of nitrogens with one attached hydrogen (secondary N) is 13. The van der Waals surface area contributed by atoms with Crippen LogP contribution in [0.2, 0.25) is 5.02 Å². The van der Waals surface area contributed by atoms with Crippen molar-refractivity contribution in [3.8, 4) is 0 Å². The topological polar surface area (TPSA) is 438 Å². The van der Waals surface area contributed by atoms with Gasteiger partial charge in [0.05, 0.1) is 0 Å². The SMILES string of the molecule is CC(=O)Nc1ccc(C[C@H](NC(=O)[C@@H](NC=O)NC(=O)[C@@H](Cc2cccnc2)NC(=O)[C@@H](Cc2ccc(Cl)cc2)NC(=O)[C@@H](Cc2ccc3ccccc3c2)NC(C)=O)C(=O)N[C@H](Cc2ccc(NC(C)=O)cc2)C(=O)N[C@@H](CC(C)C)C(=O)N[C@@H](CCCCNC(C)C)C(=O)N2CCC[C@@H]2C(=O)N[C@H](C)C(N)=O)cc1. The number of hydrogen-bond acceptors (Lipinski definition) is 16. The third kappa shape index (κ3) is 28.4. The molecule has 1 aliphatic rings. The summed E-state index contributed by atoms with van der Waals surface area (Å²) in [5.41, 5.74) is 8.69. The first-order valence-corrected chi connectivity index (χ1v) is 37.4. The van der Waals surface area contributed by atoms with E-state index in [1.54, 1.807) is 86.6 Å². The summed E-state index contributed by atoms with van der Waals surface area (Å²) in [6.45, 7) is 13.6. The van der Waals surface area contributed by atoms with E-state index in [-0.39, 0.29) is 88.1 Å². The molecule has 7 rings (SSSR count). The number of aromatic nitrogens is 1. The van der Waals surface area contributed by atoms with Gasteiger partial charge < -0.3 is 79.8 Å². The monoisotopic (exact) mass is 1540 g/mol. The van der Waals surface area contributed by atoms with E-state index in [1.165, 1.54) is 57.1 Å². The van der Waals surface area contributed by atoms with Crippen LogP contribution in [0.4, 0.5) is 11.4 Å². The lowest BCUT2D eigenvalue weighted by atomic mass is 9.99. The molecule has 0 aliphatic carbocycles. The van der Waals surface area contributed by atoms with Gasteiger partial charge >= 0.3 is 0 Å². The molecular weight excluding hydrogens is 1440 g/mol. The van der Waals surface area contributed by atoms with E-state index < -0.39 is 126 Å². The zero-order chi connectivity index (χ0) is 80.8. The summed E-state index contributed by atoms with van der Waals surface area (Å²) in [5, 5.41) is 37.5. The first-order valence-electron chi connectivity index (χ1n) is 37.0. The lowest BCUT2D eigenvalue weighted by Crippen LogP contribution is -2.63. The lowest BCUT2D eigenvalue weighted by molar-refractivity contribution is -0.142. The zero-order valence-corrected chi connectivity index (χ0v) is 64.3. The molecular formula is C80H101ClN16O14. The van der Waals surface area contributed by atoms with E-state index in [4.69, 9.17) is 17.3 Å². The molecule has 30 nitrogen and oxygen atoms in total. The van der Waals surface area contributed by atoms with Gasteiger partial charge in [0.15, 0.2) is 6.17 Å². The number of primary amides is 1. The molecule has 14 amide bonds. The van der Waals surface area contributed by atoms with Gasteiger partial charge in [-0.15, -0.1) is 0 Å². The Balaban J connectivity index is 1.19. The first-order chi connectivity index (χ1) is 52.9. The highest BCUT2D eigenvalue weighted by Gasteiger charge is 2.41. The number of benzene rings is 5. The summed E-state index contributed by atoms with van der Waals surface area (Å²) < 4.78 is 0. The van der Waals surface area contributed by atoms with Gasteiger partial charge in [-0.1, -0.05) is 124 Å². The largest absolute Gasteiger partial charge is 0.368 e. The fourth-order valence-electron chi connectivity index (χ4n) is 12.6. The van der Waals surface area contributed by atoms with E-state index in [0.717, 1.165) is 10.8 Å². The highest BCUT2D eigenvalue weighted by atomic mass is 35.5. The van der Waals surface area contributed by atoms with Crippen molar-refractivity contribution in [3.05, 3.63) is 173 Å².